The maximum Gasteiger partial charge on any atom is 0.303 e. The highest BCUT2D eigenvalue weighted by atomic mass is 32.1. The number of esters is 1. The summed E-state index contributed by atoms with van der Waals surface area (Å²) >= 11 is 4.52. The van der Waals surface area contributed by atoms with Gasteiger partial charge in [0.25, 0.3) is 0 Å². The number of aliphatic hydroxyl groups is 2. The second-order valence-corrected chi connectivity index (χ2v) is 5.62. The summed E-state index contributed by atoms with van der Waals surface area (Å²) in [6.07, 6.45) is -5.32. The number of hydrogen-bond donors (Lipinski definition) is 2. The Morgan fingerprint density at radius 3 is 2.58 bits per heavy atom. The number of carbonyl (C=O) groups is 1. The molecule has 0 aromatic heterocycles. The molecular formula is C16H19NO6S. The maximum absolute atomic E-state index is 11.1. The van der Waals surface area contributed by atoms with Gasteiger partial charge in [0, 0.05) is 6.92 Å². The van der Waals surface area contributed by atoms with Crippen molar-refractivity contribution in [3.05, 3.63) is 29.8 Å². The molecule has 0 amide bonds. The van der Waals surface area contributed by atoms with Gasteiger partial charge in [-0.25, -0.2) is 4.99 Å². The minimum Gasteiger partial charge on any atom is -0.462 e. The first-order valence-corrected chi connectivity index (χ1v) is 7.81. The lowest BCUT2D eigenvalue weighted by Gasteiger charge is -2.40. The van der Waals surface area contributed by atoms with Gasteiger partial charge in [-0.1, -0.05) is 12.1 Å². The molecule has 0 saturated carbocycles. The first kappa shape index (κ1) is 18.5. The van der Waals surface area contributed by atoms with E-state index in [4.69, 9.17) is 14.2 Å². The maximum atomic E-state index is 11.1. The molecule has 1 heterocycles. The number of hydrogen-bond acceptors (Lipinski definition) is 8. The first-order valence-electron chi connectivity index (χ1n) is 7.40. The summed E-state index contributed by atoms with van der Waals surface area (Å²) in [7, 11) is 0. The van der Waals surface area contributed by atoms with Crippen LogP contribution in [0.4, 0.5) is 0 Å². The lowest BCUT2D eigenvalue weighted by atomic mass is 9.99. The summed E-state index contributed by atoms with van der Waals surface area (Å²) in [6.45, 7) is 3.28. The lowest BCUT2D eigenvalue weighted by molar-refractivity contribution is -0.272. The van der Waals surface area contributed by atoms with Crippen LogP contribution >= 0.6 is 12.2 Å². The molecule has 1 aromatic carbocycles. The SMILES string of the molecule is CC(=O)O[C@@H]1[C@@H](O)[C@@H](O)[C@H](Oc2ccc(CN=C=S)cc2)O[C@H]1C. The average Bonchev–Trinajstić information content (AvgIpc) is 2.55. The Hall–Kier alpha value is -1.83. The van der Waals surface area contributed by atoms with Crippen LogP contribution in [0.25, 0.3) is 0 Å². The standard InChI is InChI=1S/C16H19NO6S/c1-9-15(22-10(2)18)13(19)14(20)16(21-9)23-12-5-3-11(4-6-12)7-17-8-24/h3-6,9,13-16,19-20H,7H2,1-2H3/t9-,13-,14+,15-,16-/m0/s1. The normalized spacial score (nSPS) is 29.4. The zero-order valence-electron chi connectivity index (χ0n) is 13.3. The fraction of sp³-hybridized carbons (Fsp3) is 0.500. The van der Waals surface area contributed by atoms with Crippen LogP contribution in [-0.4, -0.2) is 52.0 Å². The third-order valence-corrected chi connectivity index (χ3v) is 3.71. The van der Waals surface area contributed by atoms with Crippen molar-refractivity contribution in [2.24, 2.45) is 4.99 Å². The fourth-order valence-corrected chi connectivity index (χ4v) is 2.45. The molecule has 130 valence electrons. The van der Waals surface area contributed by atoms with Gasteiger partial charge >= 0.3 is 5.97 Å². The van der Waals surface area contributed by atoms with Crippen molar-refractivity contribution in [2.45, 2.75) is 51.1 Å². The molecule has 24 heavy (non-hydrogen) atoms. The van der Waals surface area contributed by atoms with Gasteiger partial charge in [0.1, 0.15) is 18.0 Å². The lowest BCUT2D eigenvalue weighted by Crippen LogP contribution is -2.59. The molecule has 8 heteroatoms. The molecular weight excluding hydrogens is 334 g/mol. The van der Waals surface area contributed by atoms with Crippen LogP contribution in [0, 0.1) is 0 Å². The van der Waals surface area contributed by atoms with E-state index in [0.717, 1.165) is 5.56 Å². The van der Waals surface area contributed by atoms with Crippen molar-refractivity contribution >= 4 is 23.3 Å². The van der Waals surface area contributed by atoms with Gasteiger partial charge in [-0.3, -0.25) is 4.79 Å². The molecule has 0 unspecified atom stereocenters. The van der Waals surface area contributed by atoms with E-state index in [9.17, 15) is 15.0 Å². The Balaban J connectivity index is 2.02. The van der Waals surface area contributed by atoms with E-state index in [2.05, 4.69) is 22.4 Å². The van der Waals surface area contributed by atoms with Crippen LogP contribution in [0.15, 0.2) is 29.3 Å². The Bertz CT molecular complexity index is 615. The molecule has 1 saturated heterocycles. The van der Waals surface area contributed by atoms with Crippen molar-refractivity contribution < 1.29 is 29.2 Å². The van der Waals surface area contributed by atoms with Crippen LogP contribution < -0.4 is 4.74 Å². The number of aliphatic imine (C=N–C) groups is 1. The predicted molar refractivity (Wildman–Crippen MR) is 87.7 cm³/mol. The second kappa shape index (κ2) is 8.32. The van der Waals surface area contributed by atoms with Crippen molar-refractivity contribution in [3.8, 4) is 5.75 Å². The van der Waals surface area contributed by atoms with E-state index in [1.54, 1.807) is 31.2 Å². The monoisotopic (exact) mass is 353 g/mol. The second-order valence-electron chi connectivity index (χ2n) is 5.43. The number of thiocarbonyl (C=S) groups is 1. The molecule has 0 bridgehead atoms. The molecule has 0 radical (unpaired) electrons. The molecule has 5 atom stereocenters. The highest BCUT2D eigenvalue weighted by Gasteiger charge is 2.45. The zero-order valence-corrected chi connectivity index (χ0v) is 14.1. The topological polar surface area (TPSA) is 97.6 Å². The van der Waals surface area contributed by atoms with Gasteiger partial charge in [0.2, 0.25) is 6.29 Å². The van der Waals surface area contributed by atoms with E-state index < -0.39 is 36.7 Å². The minimum absolute atomic E-state index is 0.423. The highest BCUT2D eigenvalue weighted by molar-refractivity contribution is 7.78. The van der Waals surface area contributed by atoms with Crippen LogP contribution in [0.3, 0.4) is 0 Å². The van der Waals surface area contributed by atoms with Crippen LogP contribution in [0.5, 0.6) is 5.75 Å². The fourth-order valence-electron chi connectivity index (χ4n) is 2.39. The summed E-state index contributed by atoms with van der Waals surface area (Å²) in [5.74, 6) is -0.102. The highest BCUT2D eigenvalue weighted by Crippen LogP contribution is 2.26. The summed E-state index contributed by atoms with van der Waals surface area (Å²) in [5, 5.41) is 22.6. The quantitative estimate of drug-likeness (QED) is 0.464. The Kier molecular flexibility index (Phi) is 6.42. The third kappa shape index (κ3) is 4.59. The summed E-state index contributed by atoms with van der Waals surface area (Å²) < 4.78 is 16.1. The average molecular weight is 353 g/mol. The number of rotatable bonds is 5. The smallest absolute Gasteiger partial charge is 0.303 e. The van der Waals surface area contributed by atoms with Gasteiger partial charge in [-0.15, -0.1) is 0 Å². The Morgan fingerprint density at radius 1 is 1.33 bits per heavy atom. The van der Waals surface area contributed by atoms with Gasteiger partial charge in [0.05, 0.1) is 17.8 Å². The molecule has 1 fully saturated rings. The molecule has 1 aliphatic heterocycles. The number of carbonyl (C=O) groups excluding carboxylic acids is 1. The third-order valence-electron chi connectivity index (χ3n) is 3.58. The van der Waals surface area contributed by atoms with E-state index >= 15 is 0 Å². The van der Waals surface area contributed by atoms with E-state index in [1.165, 1.54) is 6.92 Å². The predicted octanol–water partition coefficient (Wildman–Crippen LogP) is 1.07. The van der Waals surface area contributed by atoms with Crippen LogP contribution in [-0.2, 0) is 20.8 Å². The molecule has 2 rings (SSSR count). The number of nitrogens with zero attached hydrogens (tertiary/aromatic N) is 1. The van der Waals surface area contributed by atoms with Crippen molar-refractivity contribution in [2.75, 3.05) is 0 Å². The van der Waals surface area contributed by atoms with Gasteiger partial charge in [-0.2, -0.15) is 0 Å². The molecule has 1 aromatic rings. The number of ether oxygens (including phenoxy) is 3. The number of isothiocyanates is 1. The van der Waals surface area contributed by atoms with Crippen molar-refractivity contribution in [1.29, 1.82) is 0 Å². The molecule has 0 spiro atoms. The largest absolute Gasteiger partial charge is 0.462 e. The van der Waals surface area contributed by atoms with Crippen molar-refractivity contribution in [3.63, 3.8) is 0 Å². The first-order chi connectivity index (χ1) is 11.4. The Labute approximate surface area is 144 Å². The van der Waals surface area contributed by atoms with Crippen molar-refractivity contribution in [1.82, 2.24) is 0 Å². The van der Waals surface area contributed by atoms with E-state index in [1.807, 2.05) is 0 Å². The molecule has 1 aliphatic rings. The van der Waals surface area contributed by atoms with E-state index in [0.29, 0.717) is 12.3 Å². The van der Waals surface area contributed by atoms with E-state index in [-0.39, 0.29) is 0 Å². The Morgan fingerprint density at radius 2 is 2.00 bits per heavy atom. The zero-order chi connectivity index (χ0) is 17.7. The number of benzene rings is 1. The van der Waals surface area contributed by atoms with Gasteiger partial charge in [-0.05, 0) is 36.8 Å². The molecule has 2 N–H and O–H groups in total. The van der Waals surface area contributed by atoms with Crippen LogP contribution in [0.1, 0.15) is 19.4 Å². The molecule has 7 nitrogen and oxygen atoms in total. The summed E-state index contributed by atoms with van der Waals surface area (Å²) in [4.78, 5) is 14.9. The van der Waals surface area contributed by atoms with Gasteiger partial charge < -0.3 is 24.4 Å². The van der Waals surface area contributed by atoms with Gasteiger partial charge in [0.15, 0.2) is 6.10 Å². The minimum atomic E-state index is -1.36. The van der Waals surface area contributed by atoms with Crippen LogP contribution in [0.2, 0.25) is 0 Å². The number of aliphatic hydroxyl groups excluding tert-OH is 2. The summed E-state index contributed by atoms with van der Waals surface area (Å²) in [5.41, 5.74) is 0.924. The molecule has 0 aliphatic carbocycles. The summed E-state index contributed by atoms with van der Waals surface area (Å²) in [6, 6.07) is 6.98.